The molecule has 148 valence electrons. The van der Waals surface area contributed by atoms with Crippen LogP contribution in [-0.2, 0) is 17.6 Å². The summed E-state index contributed by atoms with van der Waals surface area (Å²) in [4.78, 5) is 16.7. The summed E-state index contributed by atoms with van der Waals surface area (Å²) in [5, 5.41) is 13.7. The maximum Gasteiger partial charge on any atom is 0.248 e. The number of carbonyl (C=O) groups excluding carboxylic acids is 1. The van der Waals surface area contributed by atoms with E-state index in [1.807, 2.05) is 6.92 Å². The topological polar surface area (TPSA) is 96.7 Å². The zero-order chi connectivity index (χ0) is 20.3. The van der Waals surface area contributed by atoms with Crippen LogP contribution in [0.5, 0.6) is 0 Å². The van der Waals surface area contributed by atoms with Crippen LogP contribution in [0.2, 0.25) is 0 Å². The fraction of sp³-hybridized carbons (Fsp3) is 0.429. The van der Waals surface area contributed by atoms with Crippen LogP contribution >= 0.6 is 0 Å². The minimum absolute atomic E-state index is 0.0498. The summed E-state index contributed by atoms with van der Waals surface area (Å²) in [7, 11) is 0. The van der Waals surface area contributed by atoms with Crippen molar-refractivity contribution < 1.29 is 9.32 Å². The van der Waals surface area contributed by atoms with Gasteiger partial charge in [-0.25, -0.2) is 0 Å². The van der Waals surface area contributed by atoms with Crippen molar-refractivity contribution in [1.82, 2.24) is 20.3 Å². The number of aryl methyl sites for hydroxylation is 2. The molecule has 1 aromatic carbocycles. The first kappa shape index (κ1) is 19.8. The maximum absolute atomic E-state index is 12.3. The molecule has 1 unspecified atom stereocenters. The molecule has 1 atom stereocenters. The first-order chi connectivity index (χ1) is 13.3. The van der Waals surface area contributed by atoms with Crippen LogP contribution in [-0.4, -0.2) is 26.2 Å². The molecule has 0 fully saturated rings. The lowest BCUT2D eigenvalue weighted by Gasteiger charge is -2.10. The zero-order valence-corrected chi connectivity index (χ0v) is 17.0. The lowest BCUT2D eigenvalue weighted by Crippen LogP contribution is -2.16. The van der Waals surface area contributed by atoms with Gasteiger partial charge in [0.2, 0.25) is 11.9 Å². The molecule has 0 aliphatic rings. The number of anilines is 1. The molecule has 2 N–H and O–H groups in total. The van der Waals surface area contributed by atoms with E-state index >= 15 is 0 Å². The van der Waals surface area contributed by atoms with E-state index in [0.717, 1.165) is 23.2 Å². The molecule has 1 amide bonds. The van der Waals surface area contributed by atoms with Crippen molar-refractivity contribution >= 4 is 11.9 Å². The third-order valence-electron chi connectivity index (χ3n) is 4.81. The standard InChI is InChI=1S/C21H27N5O2/c1-12(2)10-16-6-8-17(9-7-16)13(3)20-23-21(25-24-20)22-19(27)11-18-14(4)26-28-15(18)5/h6-9,12-13H,10-11H2,1-5H3,(H2,22,23,24,25,27). The van der Waals surface area contributed by atoms with E-state index in [0.29, 0.717) is 17.5 Å². The van der Waals surface area contributed by atoms with Gasteiger partial charge < -0.3 is 4.52 Å². The Hall–Kier alpha value is -2.96. The second-order valence-corrected chi connectivity index (χ2v) is 7.63. The van der Waals surface area contributed by atoms with Crippen molar-refractivity contribution in [3.8, 4) is 0 Å². The first-order valence-electron chi connectivity index (χ1n) is 9.56. The highest BCUT2D eigenvalue weighted by molar-refractivity contribution is 5.90. The highest BCUT2D eigenvalue weighted by atomic mass is 16.5. The largest absolute Gasteiger partial charge is 0.361 e. The van der Waals surface area contributed by atoms with E-state index in [9.17, 15) is 4.79 Å². The summed E-state index contributed by atoms with van der Waals surface area (Å²) in [6.07, 6.45) is 1.25. The van der Waals surface area contributed by atoms with Gasteiger partial charge in [-0.15, -0.1) is 5.10 Å². The molecule has 0 aliphatic heterocycles. The average molecular weight is 381 g/mol. The van der Waals surface area contributed by atoms with Crippen molar-refractivity contribution in [3.63, 3.8) is 0 Å². The predicted molar refractivity (Wildman–Crippen MR) is 107 cm³/mol. The van der Waals surface area contributed by atoms with Crippen molar-refractivity contribution in [2.24, 2.45) is 5.92 Å². The van der Waals surface area contributed by atoms with Gasteiger partial charge in [-0.1, -0.05) is 50.2 Å². The van der Waals surface area contributed by atoms with Gasteiger partial charge in [0.25, 0.3) is 0 Å². The van der Waals surface area contributed by atoms with Gasteiger partial charge in [0.1, 0.15) is 11.6 Å². The second-order valence-electron chi connectivity index (χ2n) is 7.63. The van der Waals surface area contributed by atoms with Crippen LogP contribution in [0.1, 0.15) is 60.7 Å². The Bertz CT molecular complexity index is 921. The van der Waals surface area contributed by atoms with E-state index in [1.165, 1.54) is 5.56 Å². The Labute approximate surface area is 164 Å². The Morgan fingerprint density at radius 3 is 2.50 bits per heavy atom. The van der Waals surface area contributed by atoms with Crippen LogP contribution in [0.25, 0.3) is 0 Å². The van der Waals surface area contributed by atoms with Gasteiger partial charge in [0, 0.05) is 11.5 Å². The number of amides is 1. The number of rotatable bonds is 7. The predicted octanol–water partition coefficient (Wildman–Crippen LogP) is 3.94. The quantitative estimate of drug-likeness (QED) is 0.646. The van der Waals surface area contributed by atoms with E-state index < -0.39 is 0 Å². The highest BCUT2D eigenvalue weighted by Crippen LogP contribution is 2.23. The molecule has 0 saturated carbocycles. The van der Waals surface area contributed by atoms with Gasteiger partial charge in [-0.3, -0.25) is 15.2 Å². The van der Waals surface area contributed by atoms with Crippen molar-refractivity contribution in [1.29, 1.82) is 0 Å². The maximum atomic E-state index is 12.3. The number of carbonyl (C=O) groups is 1. The number of benzene rings is 1. The lowest BCUT2D eigenvalue weighted by atomic mass is 9.96. The molecule has 0 saturated heterocycles. The van der Waals surface area contributed by atoms with Gasteiger partial charge in [-0.2, -0.15) is 4.98 Å². The van der Waals surface area contributed by atoms with E-state index in [4.69, 9.17) is 4.52 Å². The fourth-order valence-electron chi connectivity index (χ4n) is 3.18. The van der Waals surface area contributed by atoms with E-state index in [-0.39, 0.29) is 24.2 Å². The molecule has 0 aliphatic carbocycles. The van der Waals surface area contributed by atoms with Gasteiger partial charge in [0.15, 0.2) is 0 Å². The number of H-pyrrole nitrogens is 1. The molecule has 2 heterocycles. The molecule has 7 nitrogen and oxygen atoms in total. The van der Waals surface area contributed by atoms with E-state index in [1.54, 1.807) is 6.92 Å². The Balaban J connectivity index is 1.63. The van der Waals surface area contributed by atoms with E-state index in [2.05, 4.69) is 70.7 Å². The molecule has 0 spiro atoms. The van der Waals surface area contributed by atoms with Crippen LogP contribution < -0.4 is 5.32 Å². The van der Waals surface area contributed by atoms with Crippen molar-refractivity contribution in [3.05, 3.63) is 58.2 Å². The minimum atomic E-state index is -0.203. The van der Waals surface area contributed by atoms with Crippen LogP contribution in [0, 0.1) is 19.8 Å². The molecule has 28 heavy (non-hydrogen) atoms. The fourth-order valence-corrected chi connectivity index (χ4v) is 3.18. The molecule has 7 heteroatoms. The van der Waals surface area contributed by atoms with Gasteiger partial charge in [-0.05, 0) is 37.3 Å². The van der Waals surface area contributed by atoms with Gasteiger partial charge >= 0.3 is 0 Å². The van der Waals surface area contributed by atoms with Crippen LogP contribution in [0.15, 0.2) is 28.8 Å². The van der Waals surface area contributed by atoms with Gasteiger partial charge in [0.05, 0.1) is 12.1 Å². The number of nitrogens with zero attached hydrogens (tertiary/aromatic N) is 3. The summed E-state index contributed by atoms with van der Waals surface area (Å²) in [6, 6.07) is 8.57. The Kier molecular flexibility index (Phi) is 5.92. The molecule has 3 aromatic rings. The number of hydrogen-bond acceptors (Lipinski definition) is 5. The third kappa shape index (κ3) is 4.65. The summed E-state index contributed by atoms with van der Waals surface area (Å²) < 4.78 is 5.09. The third-order valence-corrected chi connectivity index (χ3v) is 4.81. The minimum Gasteiger partial charge on any atom is -0.361 e. The normalized spacial score (nSPS) is 12.4. The van der Waals surface area contributed by atoms with Crippen LogP contribution in [0.4, 0.5) is 5.95 Å². The lowest BCUT2D eigenvalue weighted by molar-refractivity contribution is -0.115. The highest BCUT2D eigenvalue weighted by Gasteiger charge is 2.17. The molecular weight excluding hydrogens is 354 g/mol. The summed E-state index contributed by atoms with van der Waals surface area (Å²) >= 11 is 0. The Morgan fingerprint density at radius 1 is 1.18 bits per heavy atom. The number of aromatic nitrogens is 4. The molecule has 0 radical (unpaired) electrons. The number of aromatic amines is 1. The average Bonchev–Trinajstić information content (AvgIpc) is 3.23. The zero-order valence-electron chi connectivity index (χ0n) is 17.0. The summed E-state index contributed by atoms with van der Waals surface area (Å²) in [6.45, 7) is 10.1. The SMILES string of the molecule is Cc1noc(C)c1CC(=O)Nc1n[nH]c(C(C)c2ccc(CC(C)C)cc2)n1. The molecular formula is C21H27N5O2. The van der Waals surface area contributed by atoms with Crippen LogP contribution in [0.3, 0.4) is 0 Å². The van der Waals surface area contributed by atoms with Crippen molar-refractivity contribution in [2.75, 3.05) is 5.32 Å². The smallest absolute Gasteiger partial charge is 0.248 e. The summed E-state index contributed by atoms with van der Waals surface area (Å²) in [5.41, 5.74) is 3.99. The number of nitrogens with one attached hydrogen (secondary N) is 2. The van der Waals surface area contributed by atoms with Crippen molar-refractivity contribution in [2.45, 2.75) is 53.4 Å². The second kappa shape index (κ2) is 8.37. The molecule has 2 aromatic heterocycles. The Morgan fingerprint density at radius 2 is 1.89 bits per heavy atom. The first-order valence-corrected chi connectivity index (χ1v) is 9.56. The molecule has 3 rings (SSSR count). The monoisotopic (exact) mass is 381 g/mol. The molecule has 0 bridgehead atoms. The number of hydrogen-bond donors (Lipinski definition) is 2. The summed E-state index contributed by atoms with van der Waals surface area (Å²) in [5.74, 6) is 2.12.